The normalized spacial score (nSPS) is 13.4. The van der Waals surface area contributed by atoms with Gasteiger partial charge in [-0.2, -0.15) is 4.31 Å². The highest BCUT2D eigenvalue weighted by Gasteiger charge is 2.27. The molecule has 0 aliphatic heterocycles. The molecule has 22 heavy (non-hydrogen) atoms. The molecular weight excluding hydrogens is 315 g/mol. The first kappa shape index (κ1) is 16.5. The van der Waals surface area contributed by atoms with Crippen LogP contribution in [0.3, 0.4) is 0 Å². The number of sulfonamides is 1. The lowest BCUT2D eigenvalue weighted by atomic mass is 10.1. The highest BCUT2D eigenvalue weighted by atomic mass is 32.2. The summed E-state index contributed by atoms with van der Waals surface area (Å²) >= 11 is 0. The number of hydrogen-bond donors (Lipinski definition) is 0. The molecule has 7 heteroatoms. The molecule has 0 spiro atoms. The second-order valence-electron chi connectivity index (χ2n) is 4.85. The SMILES string of the molecule is CC(c1ccc(F)cc1)N(C)S(=O)(=O)c1cc(F)cc(F)c1. The molecule has 3 nitrogen and oxygen atoms in total. The van der Waals surface area contributed by atoms with Crippen molar-refractivity contribution >= 4 is 10.0 Å². The smallest absolute Gasteiger partial charge is 0.207 e. The monoisotopic (exact) mass is 329 g/mol. The lowest BCUT2D eigenvalue weighted by Crippen LogP contribution is -2.30. The van der Waals surface area contributed by atoms with Gasteiger partial charge in [-0.25, -0.2) is 21.6 Å². The summed E-state index contributed by atoms with van der Waals surface area (Å²) in [6, 6.07) is 6.83. The Kier molecular flexibility index (Phi) is 4.58. The van der Waals surface area contributed by atoms with E-state index in [9.17, 15) is 21.6 Å². The summed E-state index contributed by atoms with van der Waals surface area (Å²) in [4.78, 5) is -0.471. The zero-order valence-corrected chi connectivity index (χ0v) is 12.7. The van der Waals surface area contributed by atoms with Crippen LogP contribution in [0.4, 0.5) is 13.2 Å². The summed E-state index contributed by atoms with van der Waals surface area (Å²) < 4.78 is 65.2. The molecule has 0 aliphatic rings. The van der Waals surface area contributed by atoms with Gasteiger partial charge in [0.15, 0.2) is 0 Å². The van der Waals surface area contributed by atoms with E-state index in [1.165, 1.54) is 31.3 Å². The molecule has 2 rings (SSSR count). The fraction of sp³-hybridized carbons (Fsp3) is 0.200. The molecule has 0 heterocycles. The van der Waals surface area contributed by atoms with Crippen LogP contribution in [0.15, 0.2) is 47.4 Å². The fourth-order valence-electron chi connectivity index (χ4n) is 2.00. The van der Waals surface area contributed by atoms with Crippen LogP contribution in [0.25, 0.3) is 0 Å². The summed E-state index contributed by atoms with van der Waals surface area (Å²) in [6.45, 7) is 1.60. The third kappa shape index (κ3) is 3.31. The van der Waals surface area contributed by atoms with Crippen molar-refractivity contribution in [2.75, 3.05) is 7.05 Å². The van der Waals surface area contributed by atoms with E-state index >= 15 is 0 Å². The molecule has 0 radical (unpaired) electrons. The van der Waals surface area contributed by atoms with Crippen LogP contribution in [0.5, 0.6) is 0 Å². The largest absolute Gasteiger partial charge is 0.243 e. The summed E-state index contributed by atoms with van der Waals surface area (Å²) in [5, 5.41) is 0. The Hall–Kier alpha value is -1.86. The first-order valence-corrected chi connectivity index (χ1v) is 7.85. The summed E-state index contributed by atoms with van der Waals surface area (Å²) in [7, 11) is -2.78. The van der Waals surface area contributed by atoms with Gasteiger partial charge in [-0.1, -0.05) is 12.1 Å². The minimum Gasteiger partial charge on any atom is -0.207 e. The van der Waals surface area contributed by atoms with Crippen LogP contribution >= 0.6 is 0 Å². The van der Waals surface area contributed by atoms with Crippen molar-refractivity contribution in [3.8, 4) is 0 Å². The Morgan fingerprint density at radius 2 is 1.41 bits per heavy atom. The van der Waals surface area contributed by atoms with E-state index in [-0.39, 0.29) is 0 Å². The standard InChI is InChI=1S/C15H14F3NO2S/c1-10(11-3-5-12(16)6-4-11)19(2)22(20,21)15-8-13(17)7-14(18)9-15/h3-10H,1-2H3. The maximum atomic E-state index is 13.2. The molecule has 0 aromatic heterocycles. The maximum absolute atomic E-state index is 13.2. The third-order valence-electron chi connectivity index (χ3n) is 3.41. The Morgan fingerprint density at radius 3 is 1.91 bits per heavy atom. The average Bonchev–Trinajstić information content (AvgIpc) is 2.45. The van der Waals surface area contributed by atoms with Gasteiger partial charge in [0, 0.05) is 19.2 Å². The highest BCUT2D eigenvalue weighted by Crippen LogP contribution is 2.26. The van der Waals surface area contributed by atoms with Crippen molar-refractivity contribution in [3.63, 3.8) is 0 Å². The van der Waals surface area contributed by atoms with Gasteiger partial charge in [0.1, 0.15) is 17.5 Å². The molecule has 0 fully saturated rings. The molecule has 2 aromatic rings. The maximum Gasteiger partial charge on any atom is 0.243 e. The van der Waals surface area contributed by atoms with E-state index in [2.05, 4.69) is 0 Å². The first-order valence-electron chi connectivity index (χ1n) is 6.41. The van der Waals surface area contributed by atoms with Crippen LogP contribution in [0, 0.1) is 17.5 Å². The third-order valence-corrected chi connectivity index (χ3v) is 5.32. The lowest BCUT2D eigenvalue weighted by Gasteiger charge is -2.24. The van der Waals surface area contributed by atoms with Gasteiger partial charge in [-0.05, 0) is 36.8 Å². The summed E-state index contributed by atoms with van der Waals surface area (Å²) in [5.41, 5.74) is 0.560. The van der Waals surface area contributed by atoms with Gasteiger partial charge in [0.2, 0.25) is 10.0 Å². The molecule has 118 valence electrons. The van der Waals surface area contributed by atoms with Gasteiger partial charge in [-0.3, -0.25) is 0 Å². The van der Waals surface area contributed by atoms with E-state index in [1.807, 2.05) is 0 Å². The van der Waals surface area contributed by atoms with Gasteiger partial charge in [0.05, 0.1) is 4.90 Å². The predicted molar refractivity (Wildman–Crippen MR) is 76.1 cm³/mol. The van der Waals surface area contributed by atoms with Crippen LogP contribution in [0.1, 0.15) is 18.5 Å². The molecule has 0 aliphatic carbocycles. The molecular formula is C15H14F3NO2S. The number of rotatable bonds is 4. The quantitative estimate of drug-likeness (QED) is 0.861. The number of nitrogens with zero attached hydrogens (tertiary/aromatic N) is 1. The molecule has 1 unspecified atom stereocenters. The van der Waals surface area contributed by atoms with Crippen molar-refractivity contribution < 1.29 is 21.6 Å². The summed E-state index contributed by atoms with van der Waals surface area (Å²) in [6.07, 6.45) is 0. The number of hydrogen-bond acceptors (Lipinski definition) is 2. The molecule has 1 atom stereocenters. The lowest BCUT2D eigenvalue weighted by molar-refractivity contribution is 0.397. The number of halogens is 3. The van der Waals surface area contributed by atoms with Gasteiger partial charge < -0.3 is 0 Å². The van der Waals surface area contributed by atoms with Gasteiger partial charge >= 0.3 is 0 Å². The minimum absolute atomic E-state index is 0.436. The van der Waals surface area contributed by atoms with E-state index in [0.717, 1.165) is 16.4 Å². The molecule has 0 saturated heterocycles. The van der Waals surface area contributed by atoms with E-state index in [1.54, 1.807) is 6.92 Å². The van der Waals surface area contributed by atoms with E-state index in [4.69, 9.17) is 0 Å². The molecule has 0 N–H and O–H groups in total. The highest BCUT2D eigenvalue weighted by molar-refractivity contribution is 7.89. The Balaban J connectivity index is 2.37. The van der Waals surface area contributed by atoms with Crippen LogP contribution < -0.4 is 0 Å². The zero-order valence-electron chi connectivity index (χ0n) is 11.9. The van der Waals surface area contributed by atoms with Gasteiger partial charge in [0.25, 0.3) is 0 Å². The molecule has 0 amide bonds. The minimum atomic E-state index is -4.08. The summed E-state index contributed by atoms with van der Waals surface area (Å²) in [5.74, 6) is -2.38. The van der Waals surface area contributed by atoms with Crippen LogP contribution in [-0.4, -0.2) is 19.8 Å². The van der Waals surface area contributed by atoms with Crippen LogP contribution in [-0.2, 0) is 10.0 Å². The van der Waals surface area contributed by atoms with Crippen molar-refractivity contribution in [2.45, 2.75) is 17.9 Å². The second-order valence-corrected chi connectivity index (χ2v) is 6.85. The Morgan fingerprint density at radius 1 is 0.909 bits per heavy atom. The van der Waals surface area contributed by atoms with Crippen LogP contribution in [0.2, 0.25) is 0 Å². The molecule has 2 aromatic carbocycles. The van der Waals surface area contributed by atoms with Crippen molar-refractivity contribution in [1.29, 1.82) is 0 Å². The van der Waals surface area contributed by atoms with Gasteiger partial charge in [-0.15, -0.1) is 0 Å². The first-order chi connectivity index (χ1) is 10.2. The zero-order chi connectivity index (χ0) is 16.5. The van der Waals surface area contributed by atoms with E-state index < -0.39 is 38.4 Å². The molecule has 0 saturated carbocycles. The van der Waals surface area contributed by atoms with Crippen molar-refractivity contribution in [3.05, 3.63) is 65.5 Å². The Labute approximate surface area is 127 Å². The Bertz CT molecular complexity index is 756. The van der Waals surface area contributed by atoms with E-state index in [0.29, 0.717) is 11.6 Å². The molecule has 0 bridgehead atoms. The second kappa shape index (κ2) is 6.10. The fourth-order valence-corrected chi connectivity index (χ4v) is 3.40. The number of benzene rings is 2. The topological polar surface area (TPSA) is 37.4 Å². The predicted octanol–water partition coefficient (Wildman–Crippen LogP) is 3.49. The average molecular weight is 329 g/mol. The van der Waals surface area contributed by atoms with Crippen molar-refractivity contribution in [1.82, 2.24) is 4.31 Å². The van der Waals surface area contributed by atoms with Crippen molar-refractivity contribution in [2.24, 2.45) is 0 Å².